The summed E-state index contributed by atoms with van der Waals surface area (Å²) in [5.74, 6) is 1.59. The summed E-state index contributed by atoms with van der Waals surface area (Å²) in [6.07, 6.45) is 6.13. The minimum Gasteiger partial charge on any atom is -0.343 e. The Morgan fingerprint density at radius 1 is 1.47 bits per heavy atom. The average Bonchev–Trinajstić information content (AvgIpc) is 2.93. The highest BCUT2D eigenvalue weighted by Crippen LogP contribution is 2.20. The standard InChI is InChI=1S/C14H26N4O/c1-3-8-18-9-5-13(6-10-18)12(2)15-7-4-14-16-11-19-17-14/h11-13,15H,3-10H2,1-2H3. The number of rotatable bonds is 7. The van der Waals surface area contributed by atoms with E-state index in [4.69, 9.17) is 4.52 Å². The molecule has 0 aliphatic carbocycles. The van der Waals surface area contributed by atoms with E-state index in [9.17, 15) is 0 Å². The van der Waals surface area contributed by atoms with Gasteiger partial charge in [0.25, 0.3) is 0 Å². The van der Waals surface area contributed by atoms with Crippen molar-refractivity contribution in [2.24, 2.45) is 5.92 Å². The summed E-state index contributed by atoms with van der Waals surface area (Å²) in [6, 6.07) is 0.579. The summed E-state index contributed by atoms with van der Waals surface area (Å²) in [5.41, 5.74) is 0. The quantitative estimate of drug-likeness (QED) is 0.814. The zero-order chi connectivity index (χ0) is 13.5. The lowest BCUT2D eigenvalue weighted by molar-refractivity contribution is 0.163. The molecule has 1 saturated heterocycles. The van der Waals surface area contributed by atoms with E-state index in [0.717, 1.165) is 24.7 Å². The number of likely N-dealkylation sites (tertiary alicyclic amines) is 1. The highest BCUT2D eigenvalue weighted by Gasteiger charge is 2.22. The molecule has 0 spiro atoms. The molecule has 2 heterocycles. The Labute approximate surface area is 115 Å². The van der Waals surface area contributed by atoms with Gasteiger partial charge >= 0.3 is 0 Å². The van der Waals surface area contributed by atoms with Crippen LogP contribution >= 0.6 is 0 Å². The fourth-order valence-corrected chi connectivity index (χ4v) is 2.87. The van der Waals surface area contributed by atoms with Crippen LogP contribution in [0.15, 0.2) is 10.9 Å². The zero-order valence-corrected chi connectivity index (χ0v) is 12.1. The Hall–Kier alpha value is -0.940. The Morgan fingerprint density at radius 2 is 2.26 bits per heavy atom. The van der Waals surface area contributed by atoms with Gasteiger partial charge < -0.3 is 14.7 Å². The smallest absolute Gasteiger partial charge is 0.213 e. The van der Waals surface area contributed by atoms with Crippen LogP contribution in [-0.2, 0) is 6.42 Å². The number of piperidine rings is 1. The van der Waals surface area contributed by atoms with E-state index in [2.05, 4.69) is 34.2 Å². The van der Waals surface area contributed by atoms with Crippen molar-refractivity contribution < 1.29 is 4.52 Å². The van der Waals surface area contributed by atoms with Crippen molar-refractivity contribution in [1.29, 1.82) is 0 Å². The summed E-state index contributed by atoms with van der Waals surface area (Å²) in [6.45, 7) is 9.26. The monoisotopic (exact) mass is 266 g/mol. The second-order valence-electron chi connectivity index (χ2n) is 5.52. The van der Waals surface area contributed by atoms with Crippen molar-refractivity contribution in [2.75, 3.05) is 26.2 Å². The SMILES string of the molecule is CCCN1CCC(C(C)NCCc2ncon2)CC1. The molecule has 1 fully saturated rings. The Kier molecular flexibility index (Phi) is 5.79. The molecule has 5 heteroatoms. The third-order valence-corrected chi connectivity index (χ3v) is 4.10. The van der Waals surface area contributed by atoms with Crippen LogP contribution < -0.4 is 5.32 Å². The molecular formula is C14H26N4O. The van der Waals surface area contributed by atoms with Gasteiger partial charge in [0, 0.05) is 19.0 Å². The average molecular weight is 266 g/mol. The lowest BCUT2D eigenvalue weighted by Gasteiger charge is -2.35. The molecule has 1 aliphatic rings. The lowest BCUT2D eigenvalue weighted by Crippen LogP contribution is -2.42. The Bertz CT molecular complexity index is 333. The van der Waals surface area contributed by atoms with E-state index in [-0.39, 0.29) is 0 Å². The largest absolute Gasteiger partial charge is 0.343 e. The molecule has 0 radical (unpaired) electrons. The molecule has 1 unspecified atom stereocenters. The minimum atomic E-state index is 0.579. The molecule has 0 saturated carbocycles. The highest BCUT2D eigenvalue weighted by molar-refractivity contribution is 4.82. The third kappa shape index (κ3) is 4.58. The number of nitrogens with zero attached hydrogens (tertiary/aromatic N) is 3. The molecule has 0 amide bonds. The summed E-state index contributed by atoms with van der Waals surface area (Å²) < 4.78 is 4.73. The van der Waals surface area contributed by atoms with Crippen LogP contribution in [0, 0.1) is 5.92 Å². The van der Waals surface area contributed by atoms with Crippen molar-refractivity contribution in [1.82, 2.24) is 20.4 Å². The fraction of sp³-hybridized carbons (Fsp3) is 0.857. The molecule has 0 aromatic carbocycles. The van der Waals surface area contributed by atoms with Gasteiger partial charge in [0.15, 0.2) is 5.82 Å². The third-order valence-electron chi connectivity index (χ3n) is 4.10. The van der Waals surface area contributed by atoms with E-state index in [1.54, 1.807) is 0 Å². The maximum absolute atomic E-state index is 4.73. The van der Waals surface area contributed by atoms with Gasteiger partial charge in [0.2, 0.25) is 6.39 Å². The molecule has 1 aliphatic heterocycles. The van der Waals surface area contributed by atoms with Gasteiger partial charge in [-0.3, -0.25) is 0 Å². The molecule has 19 heavy (non-hydrogen) atoms. The molecule has 1 aromatic rings. The van der Waals surface area contributed by atoms with Gasteiger partial charge in [-0.1, -0.05) is 12.1 Å². The first kappa shape index (κ1) is 14.5. The van der Waals surface area contributed by atoms with E-state index in [0.29, 0.717) is 6.04 Å². The van der Waals surface area contributed by atoms with Crippen LogP contribution in [0.3, 0.4) is 0 Å². The Balaban J connectivity index is 1.62. The predicted octanol–water partition coefficient (Wildman–Crippen LogP) is 1.71. The van der Waals surface area contributed by atoms with Crippen molar-refractivity contribution in [3.63, 3.8) is 0 Å². The minimum absolute atomic E-state index is 0.579. The van der Waals surface area contributed by atoms with Crippen LogP contribution in [0.1, 0.15) is 38.9 Å². The Morgan fingerprint density at radius 3 is 2.89 bits per heavy atom. The molecule has 0 bridgehead atoms. The summed E-state index contributed by atoms with van der Waals surface area (Å²) in [5, 5.41) is 7.42. The number of nitrogens with one attached hydrogen (secondary N) is 1. The van der Waals surface area contributed by atoms with Gasteiger partial charge in [-0.15, -0.1) is 0 Å². The second-order valence-corrected chi connectivity index (χ2v) is 5.52. The van der Waals surface area contributed by atoms with Crippen molar-refractivity contribution >= 4 is 0 Å². The van der Waals surface area contributed by atoms with Crippen molar-refractivity contribution in [2.45, 2.75) is 45.6 Å². The van der Waals surface area contributed by atoms with E-state index in [1.165, 1.54) is 45.3 Å². The van der Waals surface area contributed by atoms with Gasteiger partial charge in [-0.2, -0.15) is 4.98 Å². The normalized spacial score (nSPS) is 19.7. The van der Waals surface area contributed by atoms with E-state index < -0.39 is 0 Å². The molecule has 1 atom stereocenters. The molecular weight excluding hydrogens is 240 g/mol. The summed E-state index contributed by atoms with van der Waals surface area (Å²) >= 11 is 0. The first-order valence-corrected chi connectivity index (χ1v) is 7.50. The van der Waals surface area contributed by atoms with E-state index >= 15 is 0 Å². The number of aromatic nitrogens is 2. The first-order chi connectivity index (χ1) is 9.29. The molecule has 5 nitrogen and oxygen atoms in total. The summed E-state index contributed by atoms with van der Waals surface area (Å²) in [7, 11) is 0. The van der Waals surface area contributed by atoms with Crippen molar-refractivity contribution in [3.05, 3.63) is 12.2 Å². The van der Waals surface area contributed by atoms with Gasteiger partial charge in [0.05, 0.1) is 0 Å². The second kappa shape index (κ2) is 7.60. The summed E-state index contributed by atoms with van der Waals surface area (Å²) in [4.78, 5) is 6.62. The maximum atomic E-state index is 4.73. The van der Waals surface area contributed by atoms with Crippen LogP contribution in [0.5, 0.6) is 0 Å². The molecule has 1 aromatic heterocycles. The van der Waals surface area contributed by atoms with Crippen LogP contribution in [0.25, 0.3) is 0 Å². The predicted molar refractivity (Wildman–Crippen MR) is 74.9 cm³/mol. The molecule has 108 valence electrons. The van der Waals surface area contributed by atoms with Gasteiger partial charge in [0.1, 0.15) is 0 Å². The van der Waals surface area contributed by atoms with Crippen LogP contribution in [-0.4, -0.2) is 47.3 Å². The highest BCUT2D eigenvalue weighted by atomic mass is 16.5. The van der Waals surface area contributed by atoms with Gasteiger partial charge in [-0.05, 0) is 51.7 Å². The van der Waals surface area contributed by atoms with Gasteiger partial charge in [-0.25, -0.2) is 0 Å². The van der Waals surface area contributed by atoms with Crippen LogP contribution in [0.4, 0.5) is 0 Å². The first-order valence-electron chi connectivity index (χ1n) is 7.50. The number of hydrogen-bond acceptors (Lipinski definition) is 5. The topological polar surface area (TPSA) is 54.2 Å². The molecule has 1 N–H and O–H groups in total. The maximum Gasteiger partial charge on any atom is 0.213 e. The van der Waals surface area contributed by atoms with Crippen molar-refractivity contribution in [3.8, 4) is 0 Å². The molecule has 2 rings (SSSR count). The van der Waals surface area contributed by atoms with E-state index in [1.807, 2.05) is 0 Å². The fourth-order valence-electron chi connectivity index (χ4n) is 2.87. The van der Waals surface area contributed by atoms with Crippen LogP contribution in [0.2, 0.25) is 0 Å². The zero-order valence-electron chi connectivity index (χ0n) is 12.1. The lowest BCUT2D eigenvalue weighted by atomic mass is 9.90. The number of hydrogen-bond donors (Lipinski definition) is 1.